The van der Waals surface area contributed by atoms with Crippen LogP contribution in [0.15, 0.2) is 23.4 Å². The van der Waals surface area contributed by atoms with Gasteiger partial charge in [-0.25, -0.2) is 0 Å². The summed E-state index contributed by atoms with van der Waals surface area (Å²) in [6.07, 6.45) is 2.01. The minimum atomic E-state index is 0.845. The van der Waals surface area contributed by atoms with E-state index in [1.165, 1.54) is 16.7 Å². The maximum Gasteiger partial charge on any atom is 0.0350 e. The number of nitrogens with two attached hydrogens (primary N) is 1. The van der Waals surface area contributed by atoms with Gasteiger partial charge in [-0.3, -0.25) is 0 Å². The predicted molar refractivity (Wildman–Crippen MR) is 63.2 cm³/mol. The van der Waals surface area contributed by atoms with Gasteiger partial charge in [-0.2, -0.15) is 0 Å². The number of anilines is 1. The Morgan fingerprint density at radius 2 is 1.93 bits per heavy atom. The lowest BCUT2D eigenvalue weighted by atomic mass is 10.0. The van der Waals surface area contributed by atoms with E-state index in [-0.39, 0.29) is 0 Å². The lowest BCUT2D eigenvalue weighted by Crippen LogP contribution is -1.93. The molecule has 2 N–H and O–H groups in total. The number of hydrogen-bond acceptors (Lipinski definition) is 1. The number of rotatable bonds is 1. The molecule has 0 bridgehead atoms. The van der Waals surface area contributed by atoms with Crippen LogP contribution in [0.4, 0.5) is 5.69 Å². The van der Waals surface area contributed by atoms with Crippen LogP contribution in [0.5, 0.6) is 0 Å². The van der Waals surface area contributed by atoms with E-state index >= 15 is 0 Å². The molecule has 0 saturated carbocycles. The van der Waals surface area contributed by atoms with Crippen LogP contribution >= 0.6 is 0 Å². The Kier molecular flexibility index (Phi) is 3.16. The zero-order chi connectivity index (χ0) is 10.7. The van der Waals surface area contributed by atoms with Gasteiger partial charge in [0.25, 0.3) is 0 Å². The third-order valence-corrected chi connectivity index (χ3v) is 2.28. The topological polar surface area (TPSA) is 26.0 Å². The fourth-order valence-corrected chi connectivity index (χ4v) is 1.32. The molecule has 0 aliphatic rings. The third-order valence-electron chi connectivity index (χ3n) is 2.28. The van der Waals surface area contributed by atoms with E-state index in [1.807, 2.05) is 39.0 Å². The molecule has 0 amide bonds. The molecule has 0 fully saturated rings. The van der Waals surface area contributed by atoms with Crippen molar-refractivity contribution in [2.45, 2.75) is 27.7 Å². The molecular formula is C13H17N. The smallest absolute Gasteiger partial charge is 0.0350 e. The fraction of sp³-hybridized carbons (Fsp3) is 0.308. The molecule has 1 nitrogen and oxygen atoms in total. The molecule has 1 heteroatoms. The lowest BCUT2D eigenvalue weighted by Gasteiger charge is -2.06. The van der Waals surface area contributed by atoms with Crippen molar-refractivity contribution < 1.29 is 0 Å². The van der Waals surface area contributed by atoms with Crippen molar-refractivity contribution in [1.82, 2.24) is 0 Å². The maximum absolute atomic E-state index is 5.84. The van der Waals surface area contributed by atoms with Crippen molar-refractivity contribution in [2.24, 2.45) is 0 Å². The van der Waals surface area contributed by atoms with Crippen LogP contribution in [0, 0.1) is 13.8 Å². The zero-order valence-electron chi connectivity index (χ0n) is 9.31. The van der Waals surface area contributed by atoms with Gasteiger partial charge in [-0.15, -0.1) is 5.73 Å². The van der Waals surface area contributed by atoms with Crippen LogP contribution in [0.3, 0.4) is 0 Å². The Hall–Kier alpha value is -1.46. The lowest BCUT2D eigenvalue weighted by molar-refractivity contribution is 1.35. The molecule has 0 spiro atoms. The van der Waals surface area contributed by atoms with Crippen molar-refractivity contribution >= 4 is 11.8 Å². The molecule has 0 aliphatic carbocycles. The van der Waals surface area contributed by atoms with E-state index in [1.54, 1.807) is 0 Å². The van der Waals surface area contributed by atoms with E-state index < -0.39 is 0 Å². The summed E-state index contributed by atoms with van der Waals surface area (Å²) in [6, 6.07) is 3.99. The average molecular weight is 187 g/mol. The molecule has 1 rings (SSSR count). The Bertz CT molecular complexity index is 403. The van der Waals surface area contributed by atoms with Crippen LogP contribution in [0.2, 0.25) is 0 Å². The quantitative estimate of drug-likeness (QED) is 0.528. The van der Waals surface area contributed by atoms with Crippen molar-refractivity contribution in [3.05, 3.63) is 40.1 Å². The number of nitrogen functional groups attached to an aromatic ring is 1. The molecule has 1 aromatic carbocycles. The SMILES string of the molecule is CC(C)=C=Cc1c(C)ccc(N)c1C. The molecule has 1 aromatic rings. The van der Waals surface area contributed by atoms with Gasteiger partial charge in [0.05, 0.1) is 0 Å². The monoisotopic (exact) mass is 187 g/mol. The summed E-state index contributed by atoms with van der Waals surface area (Å²) in [7, 11) is 0. The first-order valence-corrected chi connectivity index (χ1v) is 4.78. The average Bonchev–Trinajstić information content (AvgIpc) is 2.11. The number of hydrogen-bond donors (Lipinski definition) is 1. The van der Waals surface area contributed by atoms with Gasteiger partial charge in [0.1, 0.15) is 0 Å². The molecule has 74 valence electrons. The predicted octanol–water partition coefficient (Wildman–Crippen LogP) is 3.46. The summed E-state index contributed by atoms with van der Waals surface area (Å²) in [5, 5.41) is 0. The van der Waals surface area contributed by atoms with E-state index in [9.17, 15) is 0 Å². The molecule has 0 heterocycles. The molecule has 0 aliphatic heterocycles. The molecule has 0 atom stereocenters. The van der Waals surface area contributed by atoms with Crippen LogP contribution in [-0.2, 0) is 0 Å². The van der Waals surface area contributed by atoms with Crippen LogP contribution < -0.4 is 5.73 Å². The molecule has 0 unspecified atom stereocenters. The highest BCUT2D eigenvalue weighted by Crippen LogP contribution is 2.20. The van der Waals surface area contributed by atoms with Crippen molar-refractivity contribution in [1.29, 1.82) is 0 Å². The number of allylic oxidation sites excluding steroid dienone is 1. The largest absolute Gasteiger partial charge is 0.398 e. The number of aryl methyl sites for hydroxylation is 1. The Morgan fingerprint density at radius 1 is 1.29 bits per heavy atom. The normalized spacial score (nSPS) is 9.43. The van der Waals surface area contributed by atoms with E-state index in [0.29, 0.717) is 0 Å². The first kappa shape index (κ1) is 10.6. The summed E-state index contributed by atoms with van der Waals surface area (Å²) in [5.41, 5.74) is 14.6. The Balaban J connectivity index is 3.34. The zero-order valence-corrected chi connectivity index (χ0v) is 9.31. The highest BCUT2D eigenvalue weighted by Gasteiger charge is 2.01. The Morgan fingerprint density at radius 3 is 2.50 bits per heavy atom. The first-order valence-electron chi connectivity index (χ1n) is 4.78. The van der Waals surface area contributed by atoms with Gasteiger partial charge in [0.2, 0.25) is 0 Å². The summed E-state index contributed by atoms with van der Waals surface area (Å²) in [5.74, 6) is 0. The van der Waals surface area contributed by atoms with Crippen LogP contribution in [0.1, 0.15) is 30.5 Å². The first-order chi connectivity index (χ1) is 6.52. The van der Waals surface area contributed by atoms with Gasteiger partial charge >= 0.3 is 0 Å². The highest BCUT2D eigenvalue weighted by molar-refractivity contribution is 5.65. The fourth-order valence-electron chi connectivity index (χ4n) is 1.32. The van der Waals surface area contributed by atoms with Crippen molar-refractivity contribution in [3.63, 3.8) is 0 Å². The van der Waals surface area contributed by atoms with Gasteiger partial charge < -0.3 is 5.73 Å². The van der Waals surface area contributed by atoms with Crippen LogP contribution in [-0.4, -0.2) is 0 Å². The van der Waals surface area contributed by atoms with E-state index in [2.05, 4.69) is 12.7 Å². The minimum absolute atomic E-state index is 0.845. The van der Waals surface area contributed by atoms with Crippen LogP contribution in [0.25, 0.3) is 6.08 Å². The molecule has 0 saturated heterocycles. The third kappa shape index (κ3) is 2.27. The highest BCUT2D eigenvalue weighted by atomic mass is 14.6. The maximum atomic E-state index is 5.84. The second-order valence-corrected chi connectivity index (χ2v) is 3.80. The summed E-state index contributed by atoms with van der Waals surface area (Å²) >= 11 is 0. The summed E-state index contributed by atoms with van der Waals surface area (Å²) in [6.45, 7) is 8.20. The van der Waals surface area contributed by atoms with Crippen molar-refractivity contribution in [2.75, 3.05) is 5.73 Å². The Labute approximate surface area is 85.9 Å². The second kappa shape index (κ2) is 4.17. The van der Waals surface area contributed by atoms with Gasteiger partial charge in [0, 0.05) is 5.69 Å². The van der Waals surface area contributed by atoms with Crippen molar-refractivity contribution in [3.8, 4) is 0 Å². The summed E-state index contributed by atoms with van der Waals surface area (Å²) in [4.78, 5) is 0. The van der Waals surface area contributed by atoms with Gasteiger partial charge in [-0.05, 0) is 62.1 Å². The van der Waals surface area contributed by atoms with Gasteiger partial charge in [0.15, 0.2) is 0 Å². The molecule has 0 aromatic heterocycles. The number of benzene rings is 1. The minimum Gasteiger partial charge on any atom is -0.398 e. The molecule has 0 radical (unpaired) electrons. The molecule has 14 heavy (non-hydrogen) atoms. The van der Waals surface area contributed by atoms with Gasteiger partial charge in [-0.1, -0.05) is 6.07 Å². The van der Waals surface area contributed by atoms with E-state index in [0.717, 1.165) is 11.3 Å². The molecular weight excluding hydrogens is 170 g/mol. The summed E-state index contributed by atoms with van der Waals surface area (Å²) < 4.78 is 0. The standard InChI is InChI=1S/C13H17N/c1-9(2)5-7-12-10(3)6-8-13(14)11(12)4/h6-8H,14H2,1-4H3. The second-order valence-electron chi connectivity index (χ2n) is 3.80. The van der Waals surface area contributed by atoms with E-state index in [4.69, 9.17) is 5.73 Å².